The van der Waals surface area contributed by atoms with Crippen LogP contribution in [-0.4, -0.2) is 27.8 Å². The molecule has 1 fully saturated rings. The van der Waals surface area contributed by atoms with Crippen LogP contribution in [0.25, 0.3) is 0 Å². The third-order valence-electron chi connectivity index (χ3n) is 6.15. The van der Waals surface area contributed by atoms with Gasteiger partial charge in [-0.2, -0.15) is 0 Å². The largest absolute Gasteiger partial charge is 0.444 e. The van der Waals surface area contributed by atoms with Gasteiger partial charge in [0, 0.05) is 11.6 Å². The Hall–Kier alpha value is -2.53. The lowest BCUT2D eigenvalue weighted by Crippen LogP contribution is -2.27. The van der Waals surface area contributed by atoms with E-state index in [-0.39, 0.29) is 31.3 Å². The van der Waals surface area contributed by atoms with Crippen molar-refractivity contribution in [2.75, 3.05) is 16.0 Å². The maximum atomic E-state index is 15.1. The molecule has 0 saturated heterocycles. The highest BCUT2D eigenvalue weighted by Gasteiger charge is 2.67. The number of amides is 3. The zero-order chi connectivity index (χ0) is 32.0. The number of halogens is 8. The second-order valence-electron chi connectivity index (χ2n) is 10.5. The van der Waals surface area contributed by atoms with Crippen LogP contribution in [0.4, 0.5) is 30.6 Å². The van der Waals surface area contributed by atoms with Gasteiger partial charge in [0.05, 0.1) is 37.3 Å². The summed E-state index contributed by atoms with van der Waals surface area (Å²) in [6.07, 6.45) is -0.986. The van der Waals surface area contributed by atoms with E-state index < -0.39 is 62.7 Å². The quantitative estimate of drug-likeness (QED) is 0.175. The lowest BCUT2D eigenvalue weighted by atomic mass is 10.1. The summed E-state index contributed by atoms with van der Waals surface area (Å²) in [7, 11) is 0. The fourth-order valence-electron chi connectivity index (χ4n) is 4.18. The average Bonchev–Trinajstić information content (AvgIpc) is 3.48. The molecule has 1 saturated carbocycles. The first-order valence-corrected chi connectivity index (χ1v) is 14.6. The van der Waals surface area contributed by atoms with Crippen molar-refractivity contribution in [3.63, 3.8) is 0 Å². The topological polar surface area (TPSA) is 96.5 Å². The second kappa shape index (κ2) is 12.5. The molecule has 1 aliphatic carbocycles. The number of anilines is 3. The summed E-state index contributed by atoms with van der Waals surface area (Å²) < 4.78 is 33.2. The number of benzene rings is 3. The molecule has 3 aromatic carbocycles. The molecule has 3 aromatic rings. The standard InChI is InChI=1S/C28H21Cl6F2N3O4/c1-27(2,3)43-26(42)38-18-7-6-17(35)23(22(18)36)39-24(40)13-10-12(4-5-14(13)29)37-25(41)20-19(28(20,33)34)11-8-15(30)21(32)16(31)9-11/h4-10,19-20H,1-3H3,(H,37,41)(H,38,42)(H,39,40)/t19-,20?/m0/s1. The van der Waals surface area contributed by atoms with E-state index in [1.54, 1.807) is 20.8 Å². The Morgan fingerprint density at radius 2 is 1.49 bits per heavy atom. The molecule has 43 heavy (non-hydrogen) atoms. The van der Waals surface area contributed by atoms with Gasteiger partial charge < -0.3 is 15.4 Å². The molecule has 1 aliphatic rings. The fourth-order valence-corrected chi connectivity index (χ4v) is 5.82. The molecule has 0 heterocycles. The van der Waals surface area contributed by atoms with Crippen LogP contribution in [0.5, 0.6) is 0 Å². The van der Waals surface area contributed by atoms with Gasteiger partial charge in [-0.1, -0.05) is 46.4 Å². The smallest absolute Gasteiger partial charge is 0.412 e. The molecule has 1 unspecified atom stereocenters. The third kappa shape index (κ3) is 7.41. The predicted molar refractivity (Wildman–Crippen MR) is 166 cm³/mol. The normalized spacial score (nSPS) is 17.2. The molecule has 0 bridgehead atoms. The van der Waals surface area contributed by atoms with E-state index >= 15 is 4.39 Å². The van der Waals surface area contributed by atoms with E-state index in [1.165, 1.54) is 30.3 Å². The zero-order valence-corrected chi connectivity index (χ0v) is 26.9. The van der Waals surface area contributed by atoms with Gasteiger partial charge in [0.25, 0.3) is 5.91 Å². The van der Waals surface area contributed by atoms with Crippen molar-refractivity contribution in [3.8, 4) is 0 Å². The van der Waals surface area contributed by atoms with Gasteiger partial charge >= 0.3 is 6.09 Å². The first kappa shape index (κ1) is 33.4. The third-order valence-corrected chi connectivity index (χ3v) is 8.61. The summed E-state index contributed by atoms with van der Waals surface area (Å²) in [5.74, 6) is -5.59. The van der Waals surface area contributed by atoms with Crippen LogP contribution < -0.4 is 16.0 Å². The first-order valence-electron chi connectivity index (χ1n) is 12.3. The molecule has 3 amide bonds. The van der Waals surface area contributed by atoms with E-state index in [2.05, 4.69) is 16.0 Å². The fraction of sp³-hybridized carbons (Fsp3) is 0.250. The number of carbonyl (C=O) groups is 3. The SMILES string of the molecule is CC(C)(C)OC(=O)Nc1ccc(F)c(NC(=O)c2cc(NC(=O)C3[C@H](c4cc(Cl)c(Cl)c(Cl)c4)C3(Cl)Cl)ccc2Cl)c1F. The number of hydrogen-bond acceptors (Lipinski definition) is 4. The van der Waals surface area contributed by atoms with Crippen LogP contribution in [0, 0.1) is 17.6 Å². The van der Waals surface area contributed by atoms with Crippen LogP contribution in [0.1, 0.15) is 42.6 Å². The first-order chi connectivity index (χ1) is 19.9. The minimum Gasteiger partial charge on any atom is -0.444 e. The molecule has 7 nitrogen and oxygen atoms in total. The maximum Gasteiger partial charge on any atom is 0.412 e. The van der Waals surface area contributed by atoms with Crippen LogP contribution in [-0.2, 0) is 9.53 Å². The van der Waals surface area contributed by atoms with Crippen LogP contribution in [0.2, 0.25) is 20.1 Å². The van der Waals surface area contributed by atoms with Crippen molar-refractivity contribution in [2.24, 2.45) is 5.92 Å². The summed E-state index contributed by atoms with van der Waals surface area (Å²) in [5, 5.41) is 7.26. The van der Waals surface area contributed by atoms with E-state index in [4.69, 9.17) is 74.3 Å². The van der Waals surface area contributed by atoms with E-state index in [1.807, 2.05) is 0 Å². The molecule has 2 atom stereocenters. The molecule has 15 heteroatoms. The van der Waals surface area contributed by atoms with Gasteiger partial charge in [0.1, 0.15) is 21.4 Å². The molecule has 4 rings (SSSR count). The van der Waals surface area contributed by atoms with Gasteiger partial charge in [-0.15, -0.1) is 23.2 Å². The minimum atomic E-state index is -1.50. The predicted octanol–water partition coefficient (Wildman–Crippen LogP) is 9.70. The number of carbonyl (C=O) groups excluding carboxylic acids is 3. The maximum absolute atomic E-state index is 15.1. The Kier molecular flexibility index (Phi) is 9.67. The molecular weight excluding hydrogens is 693 g/mol. The van der Waals surface area contributed by atoms with E-state index in [0.717, 1.165) is 12.1 Å². The molecule has 3 N–H and O–H groups in total. The summed E-state index contributed by atoms with van der Waals surface area (Å²) in [4.78, 5) is 38.2. The Morgan fingerprint density at radius 3 is 2.09 bits per heavy atom. The number of alkyl halides is 2. The zero-order valence-electron chi connectivity index (χ0n) is 22.4. The molecule has 0 aliphatic heterocycles. The molecule has 0 aromatic heterocycles. The highest BCUT2D eigenvalue weighted by molar-refractivity contribution is 6.54. The van der Waals surface area contributed by atoms with Crippen molar-refractivity contribution in [1.82, 2.24) is 0 Å². The van der Waals surface area contributed by atoms with Crippen molar-refractivity contribution >= 4 is 105 Å². The van der Waals surface area contributed by atoms with Crippen LogP contribution in [0.3, 0.4) is 0 Å². The Morgan fingerprint density at radius 1 is 0.860 bits per heavy atom. The summed E-state index contributed by atoms with van der Waals surface area (Å²) >= 11 is 37.2. The Labute approximate surface area is 275 Å². The van der Waals surface area contributed by atoms with Crippen molar-refractivity contribution in [3.05, 3.63) is 85.3 Å². The second-order valence-corrected chi connectivity index (χ2v) is 13.5. The van der Waals surface area contributed by atoms with Crippen LogP contribution in [0.15, 0.2) is 42.5 Å². The molecule has 0 radical (unpaired) electrons. The van der Waals surface area contributed by atoms with Crippen molar-refractivity contribution < 1.29 is 27.9 Å². The van der Waals surface area contributed by atoms with E-state index in [9.17, 15) is 18.8 Å². The number of ether oxygens (including phenoxy) is 1. The number of nitrogens with one attached hydrogen (secondary N) is 3. The summed E-state index contributed by atoms with van der Waals surface area (Å²) in [5.41, 5.74) is -1.78. The van der Waals surface area contributed by atoms with Crippen molar-refractivity contribution in [1.29, 1.82) is 0 Å². The molecule has 228 valence electrons. The van der Waals surface area contributed by atoms with Gasteiger partial charge in [0.2, 0.25) is 5.91 Å². The summed E-state index contributed by atoms with van der Waals surface area (Å²) in [6.45, 7) is 4.82. The lowest BCUT2D eigenvalue weighted by molar-refractivity contribution is -0.117. The molecular formula is C28H21Cl6F2N3O4. The Bertz CT molecular complexity index is 1620. The molecule has 0 spiro atoms. The lowest BCUT2D eigenvalue weighted by Gasteiger charge is -2.20. The number of hydrogen-bond donors (Lipinski definition) is 3. The van der Waals surface area contributed by atoms with Gasteiger partial charge in [-0.05, 0) is 68.8 Å². The summed E-state index contributed by atoms with van der Waals surface area (Å²) in [6, 6.07) is 8.74. The average molecular weight is 714 g/mol. The highest BCUT2D eigenvalue weighted by atomic mass is 35.5. The van der Waals surface area contributed by atoms with Gasteiger partial charge in [-0.25, -0.2) is 13.6 Å². The van der Waals surface area contributed by atoms with Gasteiger partial charge in [0.15, 0.2) is 5.82 Å². The van der Waals surface area contributed by atoms with Gasteiger partial charge in [-0.3, -0.25) is 14.9 Å². The number of rotatable bonds is 6. The highest BCUT2D eigenvalue weighted by Crippen LogP contribution is 2.65. The van der Waals surface area contributed by atoms with Crippen molar-refractivity contribution in [2.45, 2.75) is 36.6 Å². The Balaban J connectivity index is 1.51. The van der Waals surface area contributed by atoms with Crippen LogP contribution >= 0.6 is 69.6 Å². The monoisotopic (exact) mass is 711 g/mol. The van der Waals surface area contributed by atoms with E-state index in [0.29, 0.717) is 5.56 Å². The minimum absolute atomic E-state index is 0.0851.